The van der Waals surface area contributed by atoms with E-state index in [0.717, 1.165) is 10.6 Å². The number of amides is 2. The van der Waals surface area contributed by atoms with Crippen molar-refractivity contribution in [1.29, 1.82) is 0 Å². The van der Waals surface area contributed by atoms with Crippen LogP contribution >= 0.6 is 0 Å². The number of carbonyl (C=O) groups excluding carboxylic acids is 2. The van der Waals surface area contributed by atoms with Gasteiger partial charge in [0.2, 0.25) is 0 Å². The molecular weight excluding hydrogens is 368 g/mol. The number of fused-ring (bicyclic) bond motifs is 1. The predicted octanol–water partition coefficient (Wildman–Crippen LogP) is 3.32. The Morgan fingerprint density at radius 3 is 2.57 bits per heavy atom. The lowest BCUT2D eigenvalue weighted by molar-refractivity contribution is -0.139. The smallest absolute Gasteiger partial charge is 0.410 e. The number of hydrogen-bond donors (Lipinski definition) is 0. The van der Waals surface area contributed by atoms with Gasteiger partial charge < -0.3 is 9.64 Å². The molecular formula is C20H25F2N3O3. The number of alkyl halides is 2. The topological polar surface area (TPSA) is 62.2 Å². The van der Waals surface area contributed by atoms with Crippen molar-refractivity contribution < 1.29 is 23.1 Å². The highest BCUT2D eigenvalue weighted by Gasteiger charge is 2.55. The third-order valence-electron chi connectivity index (χ3n) is 4.83. The van der Waals surface area contributed by atoms with Crippen LogP contribution in [0, 0.1) is 5.41 Å². The predicted molar refractivity (Wildman–Crippen MR) is 100 cm³/mol. The molecule has 2 aliphatic heterocycles. The molecule has 0 N–H and O–H groups in total. The zero-order valence-electron chi connectivity index (χ0n) is 16.3. The van der Waals surface area contributed by atoms with E-state index in [9.17, 15) is 18.4 Å². The van der Waals surface area contributed by atoms with E-state index in [2.05, 4.69) is 5.10 Å². The standard InChI is InChI=1S/C20H25F2N3O3/c1-19(2,3)28-18(27)24-10-9-15-20(13-24,11-14-7-5-4-6-8-14)17(26)25(23-15)12-16(21)22/h4-8,16H,9-13H2,1-3H3. The van der Waals surface area contributed by atoms with Crippen LogP contribution in [0.3, 0.4) is 0 Å². The molecule has 1 fully saturated rings. The van der Waals surface area contributed by atoms with E-state index in [1.807, 2.05) is 30.3 Å². The second-order valence-corrected chi connectivity index (χ2v) is 8.22. The summed E-state index contributed by atoms with van der Waals surface area (Å²) in [6, 6.07) is 9.33. The van der Waals surface area contributed by atoms with Crippen molar-refractivity contribution in [3.05, 3.63) is 35.9 Å². The molecule has 2 amide bonds. The fourth-order valence-electron chi connectivity index (χ4n) is 3.67. The van der Waals surface area contributed by atoms with Gasteiger partial charge in [0.25, 0.3) is 12.3 Å². The molecule has 2 aliphatic rings. The van der Waals surface area contributed by atoms with Crippen molar-refractivity contribution >= 4 is 17.7 Å². The number of rotatable bonds is 4. The van der Waals surface area contributed by atoms with Gasteiger partial charge in [0.15, 0.2) is 0 Å². The summed E-state index contributed by atoms with van der Waals surface area (Å²) in [4.78, 5) is 27.2. The third kappa shape index (κ3) is 4.15. The molecule has 1 atom stereocenters. The van der Waals surface area contributed by atoms with Crippen LogP contribution < -0.4 is 0 Å². The molecule has 8 heteroatoms. The first-order chi connectivity index (χ1) is 13.1. The zero-order chi connectivity index (χ0) is 20.5. The minimum atomic E-state index is -2.68. The molecule has 1 saturated heterocycles. The largest absolute Gasteiger partial charge is 0.444 e. The van der Waals surface area contributed by atoms with Crippen LogP contribution in [-0.2, 0) is 16.0 Å². The summed E-state index contributed by atoms with van der Waals surface area (Å²) in [6.07, 6.45) is -2.55. The van der Waals surface area contributed by atoms with E-state index in [4.69, 9.17) is 4.74 Å². The van der Waals surface area contributed by atoms with Crippen molar-refractivity contribution in [2.45, 2.75) is 45.6 Å². The maximum absolute atomic E-state index is 13.2. The number of halogens is 2. The first-order valence-corrected chi connectivity index (χ1v) is 9.31. The fourth-order valence-corrected chi connectivity index (χ4v) is 3.67. The summed E-state index contributed by atoms with van der Waals surface area (Å²) in [6.45, 7) is 4.96. The van der Waals surface area contributed by atoms with Gasteiger partial charge in [0.05, 0.1) is 5.71 Å². The number of nitrogens with zero attached hydrogens (tertiary/aromatic N) is 3. The number of likely N-dealkylation sites (tertiary alicyclic amines) is 1. The van der Waals surface area contributed by atoms with Gasteiger partial charge in [-0.3, -0.25) is 4.79 Å². The lowest BCUT2D eigenvalue weighted by Gasteiger charge is -2.39. The number of ether oxygens (including phenoxy) is 1. The summed E-state index contributed by atoms with van der Waals surface area (Å²) in [5.41, 5.74) is -0.361. The van der Waals surface area contributed by atoms with Gasteiger partial charge in [-0.1, -0.05) is 30.3 Å². The highest BCUT2D eigenvalue weighted by Crippen LogP contribution is 2.39. The Hall–Kier alpha value is -2.51. The molecule has 3 rings (SSSR count). The Bertz CT molecular complexity index is 777. The summed E-state index contributed by atoms with van der Waals surface area (Å²) in [7, 11) is 0. The first-order valence-electron chi connectivity index (χ1n) is 9.31. The van der Waals surface area contributed by atoms with E-state index in [-0.39, 0.29) is 6.54 Å². The highest BCUT2D eigenvalue weighted by molar-refractivity contribution is 6.13. The molecule has 2 heterocycles. The summed E-state index contributed by atoms with van der Waals surface area (Å²) >= 11 is 0. The van der Waals surface area contributed by atoms with Crippen molar-refractivity contribution in [3.8, 4) is 0 Å². The van der Waals surface area contributed by atoms with E-state index < -0.39 is 36.0 Å². The molecule has 1 aromatic rings. The van der Waals surface area contributed by atoms with E-state index in [1.54, 1.807) is 20.8 Å². The Morgan fingerprint density at radius 2 is 1.96 bits per heavy atom. The molecule has 0 spiro atoms. The van der Waals surface area contributed by atoms with Gasteiger partial charge in [-0.25, -0.2) is 18.6 Å². The van der Waals surface area contributed by atoms with Gasteiger partial charge in [0, 0.05) is 19.5 Å². The lowest BCUT2D eigenvalue weighted by Crippen LogP contribution is -2.56. The summed E-state index contributed by atoms with van der Waals surface area (Å²) in [5, 5.41) is 5.07. The molecule has 152 valence electrons. The molecule has 0 radical (unpaired) electrons. The molecule has 0 saturated carbocycles. The Kier molecular flexibility index (Phi) is 5.41. The van der Waals surface area contributed by atoms with Crippen LogP contribution in [0.1, 0.15) is 32.8 Å². The second-order valence-electron chi connectivity index (χ2n) is 8.22. The van der Waals surface area contributed by atoms with Gasteiger partial charge >= 0.3 is 6.09 Å². The van der Waals surface area contributed by atoms with Crippen molar-refractivity contribution in [2.24, 2.45) is 10.5 Å². The molecule has 1 unspecified atom stereocenters. The average Bonchev–Trinajstić information content (AvgIpc) is 2.85. The van der Waals surface area contributed by atoms with Crippen molar-refractivity contribution in [1.82, 2.24) is 9.91 Å². The fraction of sp³-hybridized carbons (Fsp3) is 0.550. The van der Waals surface area contributed by atoms with Crippen LogP contribution in [0.2, 0.25) is 0 Å². The normalized spacial score (nSPS) is 22.4. The molecule has 0 aliphatic carbocycles. The summed E-state index contributed by atoms with van der Waals surface area (Å²) < 4.78 is 31.3. The van der Waals surface area contributed by atoms with Crippen LogP contribution in [0.25, 0.3) is 0 Å². The van der Waals surface area contributed by atoms with Gasteiger partial charge in [-0.05, 0) is 32.8 Å². The Morgan fingerprint density at radius 1 is 1.29 bits per heavy atom. The monoisotopic (exact) mass is 393 g/mol. The molecule has 28 heavy (non-hydrogen) atoms. The van der Waals surface area contributed by atoms with Crippen molar-refractivity contribution in [3.63, 3.8) is 0 Å². The average molecular weight is 393 g/mol. The van der Waals surface area contributed by atoms with Gasteiger partial charge in [0.1, 0.15) is 17.6 Å². The van der Waals surface area contributed by atoms with Crippen LogP contribution in [0.4, 0.5) is 13.6 Å². The zero-order valence-corrected chi connectivity index (χ0v) is 16.3. The molecule has 0 aromatic heterocycles. The molecule has 1 aromatic carbocycles. The summed E-state index contributed by atoms with van der Waals surface area (Å²) in [5.74, 6) is -0.486. The quantitative estimate of drug-likeness (QED) is 0.788. The van der Waals surface area contributed by atoms with E-state index in [1.165, 1.54) is 4.90 Å². The van der Waals surface area contributed by atoms with Gasteiger partial charge in [-0.15, -0.1) is 0 Å². The molecule has 0 bridgehead atoms. The minimum Gasteiger partial charge on any atom is -0.444 e. The van der Waals surface area contributed by atoms with Crippen LogP contribution in [0.5, 0.6) is 0 Å². The second kappa shape index (κ2) is 7.48. The number of hydrogen-bond acceptors (Lipinski definition) is 4. The number of hydrazone groups is 1. The number of benzene rings is 1. The maximum Gasteiger partial charge on any atom is 0.410 e. The molecule has 6 nitrogen and oxygen atoms in total. The van der Waals surface area contributed by atoms with Crippen LogP contribution in [-0.4, -0.2) is 59.3 Å². The number of carbonyl (C=O) groups is 2. The number of piperidine rings is 1. The van der Waals surface area contributed by atoms with E-state index >= 15 is 0 Å². The first kappa shape index (κ1) is 20.2. The minimum absolute atomic E-state index is 0.0637. The SMILES string of the molecule is CC(C)(C)OC(=O)N1CCC2=NN(CC(F)F)C(=O)C2(Cc2ccccc2)C1. The van der Waals surface area contributed by atoms with Crippen molar-refractivity contribution in [2.75, 3.05) is 19.6 Å². The van der Waals surface area contributed by atoms with Crippen LogP contribution in [0.15, 0.2) is 35.4 Å². The lowest BCUT2D eigenvalue weighted by atomic mass is 9.73. The van der Waals surface area contributed by atoms with E-state index in [0.29, 0.717) is 25.1 Å². The maximum atomic E-state index is 13.2. The third-order valence-corrected chi connectivity index (χ3v) is 4.83. The Labute approximate surface area is 163 Å². The highest BCUT2D eigenvalue weighted by atomic mass is 19.3. The van der Waals surface area contributed by atoms with Gasteiger partial charge in [-0.2, -0.15) is 5.10 Å². The Balaban J connectivity index is 1.91.